The zero-order chi connectivity index (χ0) is 22.3. The molecule has 0 aliphatic heterocycles. The van der Waals surface area contributed by atoms with Crippen LogP contribution in [0.5, 0.6) is 5.75 Å². The summed E-state index contributed by atoms with van der Waals surface area (Å²) in [5.74, 6) is 0.411. The van der Waals surface area contributed by atoms with E-state index in [0.29, 0.717) is 23.5 Å². The number of rotatable bonds is 10. The van der Waals surface area contributed by atoms with Crippen molar-refractivity contribution in [3.8, 4) is 5.75 Å². The number of aryl methyl sites for hydroxylation is 2. The van der Waals surface area contributed by atoms with Crippen LogP contribution < -0.4 is 14.8 Å². The van der Waals surface area contributed by atoms with E-state index in [1.807, 2.05) is 12.3 Å². The normalized spacial score (nSPS) is 11.2. The van der Waals surface area contributed by atoms with Crippen LogP contribution in [-0.2, 0) is 16.4 Å². The lowest BCUT2D eigenvalue weighted by Crippen LogP contribution is -2.24. The minimum atomic E-state index is -3.75. The van der Waals surface area contributed by atoms with E-state index in [-0.39, 0.29) is 10.8 Å². The minimum absolute atomic E-state index is 0.0820. The largest absolute Gasteiger partial charge is 0.497 e. The number of anilines is 1. The van der Waals surface area contributed by atoms with Gasteiger partial charge in [-0.2, -0.15) is 0 Å². The Balaban J connectivity index is 1.49. The number of sulfonamides is 1. The molecule has 31 heavy (non-hydrogen) atoms. The smallest absolute Gasteiger partial charge is 0.261 e. The maximum absolute atomic E-state index is 12.6. The van der Waals surface area contributed by atoms with Crippen LogP contribution in [0.1, 0.15) is 33.9 Å². The fraction of sp³-hybridized carbons (Fsp3) is 0.273. The van der Waals surface area contributed by atoms with Crippen molar-refractivity contribution < 1.29 is 17.9 Å². The molecule has 1 aromatic heterocycles. The molecule has 0 saturated carbocycles. The number of carbonyl (C=O) groups excluding carboxylic acids is 1. The molecule has 1 heterocycles. The highest BCUT2D eigenvalue weighted by Crippen LogP contribution is 2.19. The van der Waals surface area contributed by atoms with E-state index >= 15 is 0 Å². The molecule has 3 aromatic rings. The lowest BCUT2D eigenvalue weighted by Gasteiger charge is -2.10. The summed E-state index contributed by atoms with van der Waals surface area (Å²) in [5, 5.41) is 6.02. The first-order valence-electron chi connectivity index (χ1n) is 9.83. The molecule has 7 nitrogen and oxygen atoms in total. The number of carbonyl (C=O) groups is 1. The van der Waals surface area contributed by atoms with Gasteiger partial charge in [-0.15, -0.1) is 11.3 Å². The van der Waals surface area contributed by atoms with Crippen LogP contribution in [0.2, 0.25) is 0 Å². The Bertz CT molecular complexity index is 1110. The molecule has 164 valence electrons. The van der Waals surface area contributed by atoms with Gasteiger partial charge in [0.2, 0.25) is 0 Å². The van der Waals surface area contributed by atoms with Crippen LogP contribution >= 0.6 is 11.3 Å². The molecule has 0 fully saturated rings. The average Bonchev–Trinajstić information content (AvgIpc) is 3.18. The lowest BCUT2D eigenvalue weighted by molar-refractivity contribution is 0.0953. The molecule has 3 rings (SSSR count). The van der Waals surface area contributed by atoms with Crippen molar-refractivity contribution in [1.82, 2.24) is 10.3 Å². The van der Waals surface area contributed by atoms with Gasteiger partial charge in [-0.05, 0) is 74.7 Å². The van der Waals surface area contributed by atoms with Crippen LogP contribution in [0.25, 0.3) is 0 Å². The van der Waals surface area contributed by atoms with E-state index in [4.69, 9.17) is 4.74 Å². The summed E-state index contributed by atoms with van der Waals surface area (Å²) in [6.07, 6.45) is 2.70. The molecule has 0 unspecified atom stereocenters. The molecule has 0 aliphatic carbocycles. The molecule has 1 amide bonds. The van der Waals surface area contributed by atoms with Crippen molar-refractivity contribution in [2.45, 2.75) is 31.1 Å². The number of unbranched alkanes of at least 4 members (excludes halogenated alkanes) is 1. The molecule has 0 bridgehead atoms. The minimum Gasteiger partial charge on any atom is -0.497 e. The zero-order valence-electron chi connectivity index (χ0n) is 17.4. The third kappa shape index (κ3) is 6.53. The van der Waals surface area contributed by atoms with E-state index in [0.717, 1.165) is 30.0 Å². The summed E-state index contributed by atoms with van der Waals surface area (Å²) < 4.78 is 32.7. The summed E-state index contributed by atoms with van der Waals surface area (Å²) in [4.78, 5) is 16.8. The van der Waals surface area contributed by atoms with Crippen LogP contribution in [0.15, 0.2) is 58.8 Å². The Morgan fingerprint density at radius 3 is 2.39 bits per heavy atom. The van der Waals surface area contributed by atoms with Crippen molar-refractivity contribution in [3.05, 3.63) is 70.2 Å². The van der Waals surface area contributed by atoms with Gasteiger partial charge in [0.15, 0.2) is 0 Å². The zero-order valence-corrected chi connectivity index (χ0v) is 19.1. The van der Waals surface area contributed by atoms with Crippen LogP contribution in [0.4, 0.5) is 5.69 Å². The number of ether oxygens (including phenoxy) is 1. The van der Waals surface area contributed by atoms with Crippen LogP contribution in [-0.4, -0.2) is 33.0 Å². The number of nitrogens with zero attached hydrogens (tertiary/aromatic N) is 1. The first kappa shape index (κ1) is 22.8. The molecule has 2 aromatic carbocycles. The van der Waals surface area contributed by atoms with Gasteiger partial charge in [0.1, 0.15) is 5.75 Å². The Kier molecular flexibility index (Phi) is 7.64. The molecule has 0 aliphatic rings. The predicted octanol–water partition coefficient (Wildman–Crippen LogP) is 4.01. The molecular formula is C22H25N3O4S2. The first-order chi connectivity index (χ1) is 14.9. The number of thiazole rings is 1. The molecule has 0 atom stereocenters. The fourth-order valence-corrected chi connectivity index (χ4v) is 4.76. The maximum atomic E-state index is 12.6. The SMILES string of the molecule is COc1ccc(NS(=O)(=O)c2ccc(C(=O)NCCCCc3nc(C)cs3)cc2)cc1. The number of methoxy groups -OCH3 is 1. The molecule has 2 N–H and O–H groups in total. The maximum Gasteiger partial charge on any atom is 0.261 e. The standard InChI is InChI=1S/C22H25N3O4S2/c1-16-15-30-21(24-16)5-3-4-14-23-22(26)17-6-12-20(13-7-17)31(27,28)25-18-8-10-19(29-2)11-9-18/h6-13,15,25H,3-5,14H2,1-2H3,(H,23,26). The number of hydrogen-bond donors (Lipinski definition) is 2. The second-order valence-corrected chi connectivity index (χ2v) is 9.58. The van der Waals surface area contributed by atoms with E-state index in [9.17, 15) is 13.2 Å². The summed E-state index contributed by atoms with van der Waals surface area (Å²) >= 11 is 1.66. The highest BCUT2D eigenvalue weighted by Gasteiger charge is 2.15. The lowest BCUT2D eigenvalue weighted by atomic mass is 10.2. The summed E-state index contributed by atoms with van der Waals surface area (Å²) in [7, 11) is -2.21. The molecule has 0 radical (unpaired) electrons. The predicted molar refractivity (Wildman–Crippen MR) is 122 cm³/mol. The number of aromatic nitrogens is 1. The molecule has 0 spiro atoms. The molecule has 9 heteroatoms. The van der Waals surface area contributed by atoms with E-state index in [1.165, 1.54) is 24.3 Å². The van der Waals surface area contributed by atoms with Crippen molar-refractivity contribution in [3.63, 3.8) is 0 Å². The van der Waals surface area contributed by atoms with Crippen molar-refractivity contribution in [2.24, 2.45) is 0 Å². The van der Waals surface area contributed by atoms with E-state index in [2.05, 4.69) is 15.0 Å². The highest BCUT2D eigenvalue weighted by atomic mass is 32.2. The summed E-state index contributed by atoms with van der Waals surface area (Å²) in [6, 6.07) is 12.4. The second kappa shape index (κ2) is 10.4. The second-order valence-electron chi connectivity index (χ2n) is 6.95. The number of nitrogens with one attached hydrogen (secondary N) is 2. The fourth-order valence-electron chi connectivity index (χ4n) is 2.88. The Morgan fingerprint density at radius 1 is 1.06 bits per heavy atom. The van der Waals surface area contributed by atoms with Crippen LogP contribution in [0, 0.1) is 6.92 Å². The van der Waals surface area contributed by atoms with Gasteiger partial charge in [-0.3, -0.25) is 9.52 Å². The van der Waals surface area contributed by atoms with Crippen molar-refractivity contribution >= 4 is 33.0 Å². The topological polar surface area (TPSA) is 97.4 Å². The summed E-state index contributed by atoms with van der Waals surface area (Å²) in [6.45, 7) is 2.54. The number of hydrogen-bond acceptors (Lipinski definition) is 6. The van der Waals surface area contributed by atoms with E-state index in [1.54, 1.807) is 42.7 Å². The Labute approximate surface area is 186 Å². The average molecular weight is 460 g/mol. The summed E-state index contributed by atoms with van der Waals surface area (Å²) in [5.41, 5.74) is 1.88. The van der Waals surface area contributed by atoms with Gasteiger partial charge in [0, 0.05) is 28.9 Å². The monoisotopic (exact) mass is 459 g/mol. The highest BCUT2D eigenvalue weighted by molar-refractivity contribution is 7.92. The van der Waals surface area contributed by atoms with Gasteiger partial charge in [0.05, 0.1) is 17.0 Å². The quantitative estimate of drug-likeness (QED) is 0.447. The number of benzene rings is 2. The van der Waals surface area contributed by atoms with Gasteiger partial charge in [-0.1, -0.05) is 0 Å². The van der Waals surface area contributed by atoms with Gasteiger partial charge in [0.25, 0.3) is 15.9 Å². The third-order valence-corrected chi connectivity index (χ3v) is 6.96. The Morgan fingerprint density at radius 2 is 1.77 bits per heavy atom. The van der Waals surface area contributed by atoms with Gasteiger partial charge in [-0.25, -0.2) is 13.4 Å². The Hall–Kier alpha value is -2.91. The van der Waals surface area contributed by atoms with Crippen molar-refractivity contribution in [2.75, 3.05) is 18.4 Å². The van der Waals surface area contributed by atoms with E-state index < -0.39 is 10.0 Å². The number of amides is 1. The third-order valence-electron chi connectivity index (χ3n) is 4.54. The van der Waals surface area contributed by atoms with Gasteiger partial charge >= 0.3 is 0 Å². The van der Waals surface area contributed by atoms with Crippen molar-refractivity contribution in [1.29, 1.82) is 0 Å². The van der Waals surface area contributed by atoms with Crippen LogP contribution in [0.3, 0.4) is 0 Å². The molecular weight excluding hydrogens is 434 g/mol. The first-order valence-corrected chi connectivity index (χ1v) is 12.2. The molecule has 0 saturated heterocycles. The van der Waals surface area contributed by atoms with Gasteiger partial charge < -0.3 is 10.1 Å².